The molecule has 2 saturated heterocycles. The number of sulfonamides is 1. The number of aromatic nitrogens is 4. The van der Waals surface area contributed by atoms with Crippen molar-refractivity contribution in [1.29, 1.82) is 0 Å². The maximum Gasteiger partial charge on any atom is 0.251 e. The highest BCUT2D eigenvalue weighted by molar-refractivity contribution is 7.92. The Hall–Kier alpha value is -2.97. The summed E-state index contributed by atoms with van der Waals surface area (Å²) in [6.45, 7) is 3.47. The van der Waals surface area contributed by atoms with Crippen LogP contribution < -0.4 is 14.5 Å². The predicted octanol–water partition coefficient (Wildman–Crippen LogP) is 4.32. The predicted molar refractivity (Wildman–Crippen MR) is 155 cm³/mol. The number of rotatable bonds is 8. The molecule has 3 aromatic rings. The molecule has 0 atom stereocenters. The summed E-state index contributed by atoms with van der Waals surface area (Å²) in [5.74, 6) is -2.12. The summed E-state index contributed by atoms with van der Waals surface area (Å²) < 4.78 is 59.3. The van der Waals surface area contributed by atoms with Gasteiger partial charge in [-0.15, -0.1) is 0 Å². The molecule has 4 heterocycles. The topological polar surface area (TPSA) is 124 Å². The number of alkyl halides is 2. The van der Waals surface area contributed by atoms with Gasteiger partial charge in [-0.3, -0.25) is 4.72 Å². The lowest BCUT2D eigenvalue weighted by Crippen LogP contribution is -2.40. The molecule has 220 valence electrons. The first-order chi connectivity index (χ1) is 19.5. The van der Waals surface area contributed by atoms with E-state index < -0.39 is 22.6 Å². The smallest absolute Gasteiger partial charge is 0.251 e. The van der Waals surface area contributed by atoms with Gasteiger partial charge in [0.2, 0.25) is 16.0 Å². The van der Waals surface area contributed by atoms with Gasteiger partial charge in [0, 0.05) is 56.0 Å². The standard InChI is InChI=1S/C27H33F2N7O3S2/c1-18-16-21(31-25(30-18)36-12-8-27(28,29)9-13-36)24-32-23(33-40-24)20-3-2-19(34-41(38,39)15-14-37)17-22(20)35-10-6-26(4-5-26)7-11-35/h2-3,16-17,34,37H,4-15H2,1H3. The second-order valence-corrected chi connectivity index (χ2v) is 13.9. The van der Waals surface area contributed by atoms with Gasteiger partial charge < -0.3 is 14.9 Å². The average molecular weight is 606 g/mol. The van der Waals surface area contributed by atoms with Crippen molar-refractivity contribution in [3.63, 3.8) is 0 Å². The third-order valence-corrected chi connectivity index (χ3v) is 10.3. The first-order valence-electron chi connectivity index (χ1n) is 13.9. The van der Waals surface area contributed by atoms with Crippen LogP contribution in [0.1, 0.15) is 44.2 Å². The zero-order chi connectivity index (χ0) is 28.8. The van der Waals surface area contributed by atoms with Crippen LogP contribution in [0.4, 0.5) is 26.1 Å². The normalized spacial score (nSPS) is 19.9. The van der Waals surface area contributed by atoms with Gasteiger partial charge in [-0.25, -0.2) is 32.2 Å². The van der Waals surface area contributed by atoms with Crippen LogP contribution in [0.3, 0.4) is 0 Å². The Morgan fingerprint density at radius 1 is 0.976 bits per heavy atom. The fourth-order valence-electron chi connectivity index (χ4n) is 5.57. The molecule has 0 unspecified atom stereocenters. The van der Waals surface area contributed by atoms with Crippen molar-refractivity contribution >= 4 is 38.9 Å². The van der Waals surface area contributed by atoms with Gasteiger partial charge in [-0.1, -0.05) is 0 Å². The highest BCUT2D eigenvalue weighted by Gasteiger charge is 2.44. The molecule has 3 aliphatic rings. The minimum Gasteiger partial charge on any atom is -0.395 e. The van der Waals surface area contributed by atoms with Crippen LogP contribution in [0, 0.1) is 12.3 Å². The summed E-state index contributed by atoms with van der Waals surface area (Å²) in [4.78, 5) is 18.0. The van der Waals surface area contributed by atoms with Crippen LogP contribution in [-0.2, 0) is 10.0 Å². The summed E-state index contributed by atoms with van der Waals surface area (Å²) in [6.07, 6.45) is 4.27. The van der Waals surface area contributed by atoms with E-state index in [2.05, 4.69) is 24.0 Å². The zero-order valence-electron chi connectivity index (χ0n) is 22.8. The summed E-state index contributed by atoms with van der Waals surface area (Å²) in [6, 6.07) is 7.13. The van der Waals surface area contributed by atoms with Gasteiger partial charge in [0.1, 0.15) is 5.69 Å². The minimum atomic E-state index is -3.68. The molecule has 1 aliphatic carbocycles. The number of aryl methyl sites for hydroxylation is 1. The fraction of sp³-hybridized carbons (Fsp3) is 0.556. The van der Waals surface area contributed by atoms with Crippen LogP contribution >= 0.6 is 11.5 Å². The number of hydrogen-bond acceptors (Lipinski definition) is 10. The van der Waals surface area contributed by atoms with E-state index in [0.717, 1.165) is 37.2 Å². The monoisotopic (exact) mass is 605 g/mol. The van der Waals surface area contributed by atoms with Gasteiger partial charge in [0.15, 0.2) is 10.8 Å². The Morgan fingerprint density at radius 3 is 2.37 bits per heavy atom. The van der Waals surface area contributed by atoms with E-state index in [1.165, 1.54) is 24.4 Å². The summed E-state index contributed by atoms with van der Waals surface area (Å²) in [5, 5.41) is 9.71. The number of benzene rings is 1. The van der Waals surface area contributed by atoms with Crippen LogP contribution in [0.15, 0.2) is 24.3 Å². The quantitative estimate of drug-likeness (QED) is 0.386. The molecule has 2 aromatic heterocycles. The number of aliphatic hydroxyl groups excluding tert-OH is 1. The summed E-state index contributed by atoms with van der Waals surface area (Å²) in [5.41, 5.74) is 3.81. The maximum atomic E-state index is 13.7. The lowest BCUT2D eigenvalue weighted by atomic mass is 9.93. The Morgan fingerprint density at radius 2 is 1.68 bits per heavy atom. The molecule has 0 radical (unpaired) electrons. The Labute approximate surface area is 242 Å². The maximum absolute atomic E-state index is 13.7. The zero-order valence-corrected chi connectivity index (χ0v) is 24.4. The summed E-state index contributed by atoms with van der Waals surface area (Å²) in [7, 11) is -3.68. The molecule has 2 aliphatic heterocycles. The fourth-order valence-corrected chi connectivity index (χ4v) is 7.04. The first-order valence-corrected chi connectivity index (χ1v) is 16.3. The average Bonchev–Trinajstić information content (AvgIpc) is 3.48. The van der Waals surface area contributed by atoms with E-state index in [-0.39, 0.29) is 31.7 Å². The highest BCUT2D eigenvalue weighted by atomic mass is 32.2. The van der Waals surface area contributed by atoms with Crippen molar-refractivity contribution in [2.24, 2.45) is 5.41 Å². The van der Waals surface area contributed by atoms with Crippen LogP contribution in [0.25, 0.3) is 22.1 Å². The lowest BCUT2D eigenvalue weighted by Gasteiger charge is -2.35. The summed E-state index contributed by atoms with van der Waals surface area (Å²) >= 11 is 1.20. The Balaban J connectivity index is 1.30. The third-order valence-electron chi connectivity index (χ3n) is 8.26. The van der Waals surface area contributed by atoms with E-state index in [1.807, 2.05) is 25.1 Å². The van der Waals surface area contributed by atoms with Gasteiger partial charge >= 0.3 is 0 Å². The van der Waals surface area contributed by atoms with Gasteiger partial charge in [-0.2, -0.15) is 4.37 Å². The molecule has 1 aromatic carbocycles. The molecule has 0 amide bonds. The van der Waals surface area contributed by atoms with Gasteiger partial charge in [-0.05, 0) is 73.8 Å². The SMILES string of the molecule is Cc1cc(-c2nc(-c3ccc(NS(=O)(=O)CCO)cc3N3CCC4(CC3)CC4)ns2)nc(N2CCC(F)(F)CC2)n1. The van der Waals surface area contributed by atoms with E-state index in [4.69, 9.17) is 10.1 Å². The Kier molecular flexibility index (Phi) is 7.35. The van der Waals surface area contributed by atoms with Crippen molar-refractivity contribution < 1.29 is 22.3 Å². The number of piperidine rings is 2. The van der Waals surface area contributed by atoms with Crippen LogP contribution in [0.2, 0.25) is 0 Å². The molecular weight excluding hydrogens is 572 g/mol. The molecule has 41 heavy (non-hydrogen) atoms. The molecule has 14 heteroatoms. The van der Waals surface area contributed by atoms with Crippen LogP contribution in [-0.4, -0.2) is 77.3 Å². The van der Waals surface area contributed by atoms with Gasteiger partial charge in [0.05, 0.1) is 18.0 Å². The second-order valence-electron chi connectivity index (χ2n) is 11.3. The number of anilines is 3. The third kappa shape index (κ3) is 6.28. The van der Waals surface area contributed by atoms with Crippen molar-refractivity contribution in [2.75, 3.05) is 53.1 Å². The van der Waals surface area contributed by atoms with E-state index in [0.29, 0.717) is 39.3 Å². The molecule has 0 bridgehead atoms. The molecule has 1 saturated carbocycles. The molecule has 6 rings (SSSR count). The number of aliphatic hydroxyl groups is 1. The van der Waals surface area contributed by atoms with Crippen molar-refractivity contribution in [3.05, 3.63) is 30.0 Å². The molecule has 3 fully saturated rings. The molecular formula is C27H33F2N7O3S2. The van der Waals surface area contributed by atoms with Crippen molar-refractivity contribution in [3.8, 4) is 22.1 Å². The van der Waals surface area contributed by atoms with Crippen LogP contribution in [0.5, 0.6) is 0 Å². The number of halogens is 2. The Bertz CT molecular complexity index is 1530. The lowest BCUT2D eigenvalue weighted by molar-refractivity contribution is -0.0222. The second kappa shape index (κ2) is 10.7. The molecule has 1 spiro atoms. The van der Waals surface area contributed by atoms with Crippen molar-refractivity contribution in [2.45, 2.75) is 51.4 Å². The van der Waals surface area contributed by atoms with E-state index in [1.54, 1.807) is 11.0 Å². The first kappa shape index (κ1) is 28.2. The van der Waals surface area contributed by atoms with Crippen molar-refractivity contribution in [1.82, 2.24) is 19.3 Å². The number of nitrogens with one attached hydrogen (secondary N) is 1. The molecule has 10 nitrogen and oxygen atoms in total. The van der Waals surface area contributed by atoms with Gasteiger partial charge in [0.25, 0.3) is 5.92 Å². The highest BCUT2D eigenvalue weighted by Crippen LogP contribution is 2.54. The number of hydrogen-bond donors (Lipinski definition) is 2. The number of nitrogens with zero attached hydrogens (tertiary/aromatic N) is 6. The molecule has 2 N–H and O–H groups in total. The largest absolute Gasteiger partial charge is 0.395 e. The minimum absolute atomic E-state index is 0.187. The van der Waals surface area contributed by atoms with E-state index in [9.17, 15) is 17.2 Å². The van der Waals surface area contributed by atoms with E-state index >= 15 is 0 Å².